The van der Waals surface area contributed by atoms with Gasteiger partial charge in [-0.05, 0) is 6.42 Å². The molecule has 6 heteroatoms. The fraction of sp³-hybridized carbons (Fsp3) is 0.600. The second kappa shape index (κ2) is 6.22. The summed E-state index contributed by atoms with van der Waals surface area (Å²) in [5.41, 5.74) is 5.00. The Bertz CT molecular complexity index is 149. The average molecular weight is 155 g/mol. The Kier molecular flexibility index (Phi) is 7.42. The van der Waals surface area contributed by atoms with E-state index in [-0.39, 0.29) is 31.7 Å². The van der Waals surface area contributed by atoms with Gasteiger partial charge in [-0.3, -0.25) is 9.59 Å². The molecule has 0 unspecified atom stereocenters. The fourth-order valence-electron chi connectivity index (χ4n) is 0.402. The van der Waals surface area contributed by atoms with Crippen LogP contribution in [0.5, 0.6) is 0 Å². The Morgan fingerprint density at radius 1 is 1.36 bits per heavy atom. The SMILES string of the molecule is N[C@@H](CCC(=O)O)C(=O)O.[LiH]. The van der Waals surface area contributed by atoms with E-state index in [0.717, 1.165) is 0 Å². The first-order valence-electron chi connectivity index (χ1n) is 2.74. The summed E-state index contributed by atoms with van der Waals surface area (Å²) in [6.45, 7) is 0. The van der Waals surface area contributed by atoms with Crippen LogP contribution in [0.15, 0.2) is 0 Å². The van der Waals surface area contributed by atoms with Gasteiger partial charge in [-0.2, -0.15) is 0 Å². The maximum atomic E-state index is 9.99. The first-order valence-corrected chi connectivity index (χ1v) is 2.74. The molecule has 0 radical (unpaired) electrons. The molecule has 4 N–H and O–H groups in total. The molecule has 0 spiro atoms. The molecule has 0 aliphatic rings. The third kappa shape index (κ3) is 7.39. The molecule has 0 aliphatic heterocycles. The summed E-state index contributed by atoms with van der Waals surface area (Å²) in [6, 6.07) is -1.06. The zero-order valence-corrected chi connectivity index (χ0v) is 5.28. The Morgan fingerprint density at radius 2 is 1.82 bits per heavy atom. The quantitative estimate of drug-likeness (QED) is 0.434. The van der Waals surface area contributed by atoms with Crippen LogP contribution in [0.2, 0.25) is 0 Å². The molecule has 0 rings (SSSR count). The predicted octanol–water partition coefficient (Wildman–Crippen LogP) is -1.39. The van der Waals surface area contributed by atoms with Crippen molar-refractivity contribution in [3.8, 4) is 0 Å². The zero-order chi connectivity index (χ0) is 8.15. The Labute approximate surface area is 75.7 Å². The van der Waals surface area contributed by atoms with Crippen LogP contribution in [0.4, 0.5) is 0 Å². The van der Waals surface area contributed by atoms with Crippen molar-refractivity contribution in [3.63, 3.8) is 0 Å². The second-order valence-corrected chi connectivity index (χ2v) is 1.88. The standard InChI is InChI=1S/C5H9NO4.Li.H/c6-3(5(9)10)1-2-4(7)8;;/h3H,1-2,6H2,(H,7,8)(H,9,10);;/t3-;;/m0../s1. The molecule has 0 aromatic carbocycles. The Balaban J connectivity index is 0. The van der Waals surface area contributed by atoms with Gasteiger partial charge >= 0.3 is 30.8 Å². The molecule has 0 saturated carbocycles. The van der Waals surface area contributed by atoms with E-state index < -0.39 is 18.0 Å². The van der Waals surface area contributed by atoms with Crippen LogP contribution >= 0.6 is 0 Å². The van der Waals surface area contributed by atoms with Crippen LogP contribution < -0.4 is 5.73 Å². The van der Waals surface area contributed by atoms with Crippen LogP contribution in [0.1, 0.15) is 12.8 Å². The summed E-state index contributed by atoms with van der Waals surface area (Å²) in [5.74, 6) is -2.20. The van der Waals surface area contributed by atoms with Gasteiger partial charge in [-0.15, -0.1) is 0 Å². The molecule has 0 bridgehead atoms. The number of carbonyl (C=O) groups is 2. The van der Waals surface area contributed by atoms with Gasteiger partial charge in [-0.25, -0.2) is 0 Å². The molecule has 0 saturated heterocycles. The summed E-state index contributed by atoms with van der Waals surface area (Å²) >= 11 is 0. The van der Waals surface area contributed by atoms with Gasteiger partial charge in [0.15, 0.2) is 0 Å². The van der Waals surface area contributed by atoms with Crippen molar-refractivity contribution in [2.75, 3.05) is 0 Å². The molecule has 60 valence electrons. The van der Waals surface area contributed by atoms with Crippen LogP contribution in [0.25, 0.3) is 0 Å². The maximum absolute atomic E-state index is 9.99. The number of rotatable bonds is 4. The van der Waals surface area contributed by atoms with Crippen LogP contribution in [-0.2, 0) is 9.59 Å². The third-order valence-electron chi connectivity index (χ3n) is 0.986. The van der Waals surface area contributed by atoms with Gasteiger partial charge in [0.25, 0.3) is 0 Å². The van der Waals surface area contributed by atoms with Crippen molar-refractivity contribution in [3.05, 3.63) is 0 Å². The summed E-state index contributed by atoms with van der Waals surface area (Å²) in [7, 11) is 0. The summed E-state index contributed by atoms with van der Waals surface area (Å²) in [4.78, 5) is 19.9. The van der Waals surface area contributed by atoms with E-state index in [0.29, 0.717) is 0 Å². The molecule has 0 amide bonds. The van der Waals surface area contributed by atoms with Crippen molar-refractivity contribution >= 4 is 30.8 Å². The molecule has 11 heavy (non-hydrogen) atoms. The Morgan fingerprint density at radius 3 is 2.09 bits per heavy atom. The zero-order valence-electron chi connectivity index (χ0n) is 5.28. The van der Waals surface area contributed by atoms with Crippen LogP contribution in [0.3, 0.4) is 0 Å². The molecule has 0 aromatic heterocycles. The minimum atomic E-state index is -1.17. The third-order valence-corrected chi connectivity index (χ3v) is 0.986. The monoisotopic (exact) mass is 155 g/mol. The number of aliphatic carboxylic acids is 2. The number of carboxylic acid groups (broad SMARTS) is 2. The van der Waals surface area contributed by atoms with E-state index in [9.17, 15) is 9.59 Å². The molecule has 0 aliphatic carbocycles. The minimum absolute atomic E-state index is 0. The number of hydrogen-bond acceptors (Lipinski definition) is 3. The van der Waals surface area contributed by atoms with Gasteiger partial charge in [0, 0.05) is 6.42 Å². The summed E-state index contributed by atoms with van der Waals surface area (Å²) in [6.07, 6.45) is -0.224. The Hall–Kier alpha value is -0.503. The van der Waals surface area contributed by atoms with Crippen LogP contribution in [0, 0.1) is 0 Å². The molecule has 0 fully saturated rings. The van der Waals surface area contributed by atoms with Gasteiger partial charge in [0.1, 0.15) is 6.04 Å². The van der Waals surface area contributed by atoms with E-state index >= 15 is 0 Å². The van der Waals surface area contributed by atoms with E-state index in [1.165, 1.54) is 0 Å². The van der Waals surface area contributed by atoms with Crippen molar-refractivity contribution < 1.29 is 19.8 Å². The van der Waals surface area contributed by atoms with E-state index in [1.807, 2.05) is 0 Å². The van der Waals surface area contributed by atoms with Gasteiger partial charge < -0.3 is 15.9 Å². The van der Waals surface area contributed by atoms with E-state index in [2.05, 4.69) is 0 Å². The van der Waals surface area contributed by atoms with Gasteiger partial charge in [0.05, 0.1) is 0 Å². The summed E-state index contributed by atoms with van der Waals surface area (Å²) < 4.78 is 0. The topological polar surface area (TPSA) is 101 Å². The average Bonchev–Trinajstić information content (AvgIpc) is 1.82. The number of hydrogen-bond donors (Lipinski definition) is 3. The number of carboxylic acids is 2. The first-order chi connectivity index (χ1) is 4.54. The molecule has 1 atom stereocenters. The van der Waals surface area contributed by atoms with Crippen LogP contribution in [-0.4, -0.2) is 47.1 Å². The molecular weight excluding hydrogens is 145 g/mol. The van der Waals surface area contributed by atoms with Crippen molar-refractivity contribution in [2.24, 2.45) is 5.73 Å². The van der Waals surface area contributed by atoms with E-state index in [1.54, 1.807) is 0 Å². The fourth-order valence-corrected chi connectivity index (χ4v) is 0.402. The number of nitrogens with two attached hydrogens (primary N) is 1. The van der Waals surface area contributed by atoms with Gasteiger partial charge in [0.2, 0.25) is 0 Å². The van der Waals surface area contributed by atoms with Crippen molar-refractivity contribution in [1.82, 2.24) is 0 Å². The predicted molar refractivity (Wildman–Crippen MR) is 39.6 cm³/mol. The normalized spacial score (nSPS) is 11.4. The van der Waals surface area contributed by atoms with Crippen molar-refractivity contribution in [1.29, 1.82) is 0 Å². The van der Waals surface area contributed by atoms with Crippen molar-refractivity contribution in [2.45, 2.75) is 18.9 Å². The van der Waals surface area contributed by atoms with E-state index in [4.69, 9.17) is 15.9 Å². The summed E-state index contributed by atoms with van der Waals surface area (Å²) in [5, 5.41) is 16.3. The van der Waals surface area contributed by atoms with Gasteiger partial charge in [-0.1, -0.05) is 0 Å². The molecule has 5 nitrogen and oxygen atoms in total. The first kappa shape index (κ1) is 13.1. The molecule has 0 aromatic rings. The second-order valence-electron chi connectivity index (χ2n) is 1.88. The molecule has 0 heterocycles. The molecular formula is C5H10LiNO4.